The number of benzene rings is 2. The van der Waals surface area contributed by atoms with E-state index in [2.05, 4.69) is 15.9 Å². The van der Waals surface area contributed by atoms with Crippen molar-refractivity contribution in [2.45, 2.75) is 6.92 Å². The lowest BCUT2D eigenvalue weighted by molar-refractivity contribution is 0.0698. The maximum Gasteiger partial charge on any atom is 0.337 e. The van der Waals surface area contributed by atoms with Gasteiger partial charge in [-0.1, -0.05) is 15.9 Å². The van der Waals surface area contributed by atoms with E-state index >= 15 is 0 Å². The Morgan fingerprint density at radius 3 is 2.42 bits per heavy atom. The van der Waals surface area contributed by atoms with Crippen LogP contribution in [0.5, 0.6) is 11.5 Å². The van der Waals surface area contributed by atoms with Gasteiger partial charge >= 0.3 is 5.97 Å². The highest BCUT2D eigenvalue weighted by Crippen LogP contribution is 2.28. The van der Waals surface area contributed by atoms with E-state index in [1.807, 2.05) is 25.1 Å². The summed E-state index contributed by atoms with van der Waals surface area (Å²) >= 11 is 3.41. The van der Waals surface area contributed by atoms with Gasteiger partial charge in [0.15, 0.2) is 0 Å². The molecule has 0 fully saturated rings. The molecule has 0 aromatic heterocycles. The molecule has 0 saturated heterocycles. The van der Waals surface area contributed by atoms with E-state index < -0.39 is 5.97 Å². The average molecular weight is 322 g/mol. The van der Waals surface area contributed by atoms with Crippen LogP contribution in [-0.4, -0.2) is 11.1 Å². The number of aromatic carboxylic acids is 1. The van der Waals surface area contributed by atoms with Crippen molar-refractivity contribution >= 4 is 27.6 Å². The molecule has 5 heteroatoms. The van der Waals surface area contributed by atoms with Crippen molar-refractivity contribution in [3.8, 4) is 11.5 Å². The molecule has 2 rings (SSSR count). The first kappa shape index (κ1) is 13.4. The molecule has 4 nitrogen and oxygen atoms in total. The van der Waals surface area contributed by atoms with Crippen LogP contribution < -0.4 is 10.5 Å². The number of rotatable bonds is 3. The maximum absolute atomic E-state index is 10.8. The number of aryl methyl sites for hydroxylation is 1. The Balaban J connectivity index is 2.26. The highest BCUT2D eigenvalue weighted by molar-refractivity contribution is 9.10. The number of carboxylic acid groups (broad SMARTS) is 1. The van der Waals surface area contributed by atoms with Crippen molar-refractivity contribution in [1.82, 2.24) is 0 Å². The summed E-state index contributed by atoms with van der Waals surface area (Å²) in [6.45, 7) is 1.96. The zero-order valence-electron chi connectivity index (χ0n) is 10.2. The van der Waals surface area contributed by atoms with Gasteiger partial charge in [0.2, 0.25) is 0 Å². The molecule has 2 aromatic carbocycles. The number of ether oxygens (including phenoxy) is 1. The minimum Gasteiger partial charge on any atom is -0.478 e. The Labute approximate surface area is 118 Å². The number of carbonyl (C=O) groups is 1. The van der Waals surface area contributed by atoms with Crippen molar-refractivity contribution in [1.29, 1.82) is 0 Å². The molecular formula is C14H12BrNO3. The number of hydrogen-bond acceptors (Lipinski definition) is 3. The van der Waals surface area contributed by atoms with Gasteiger partial charge in [0, 0.05) is 16.2 Å². The van der Waals surface area contributed by atoms with E-state index in [9.17, 15) is 4.79 Å². The molecule has 0 bridgehead atoms. The number of nitrogen functional groups attached to an aromatic ring is 1. The molecule has 0 aliphatic carbocycles. The summed E-state index contributed by atoms with van der Waals surface area (Å²) in [6.07, 6.45) is 0. The van der Waals surface area contributed by atoms with Crippen molar-refractivity contribution in [2.24, 2.45) is 0 Å². The van der Waals surface area contributed by atoms with Crippen molar-refractivity contribution in [3.63, 3.8) is 0 Å². The van der Waals surface area contributed by atoms with Gasteiger partial charge in [-0.25, -0.2) is 4.79 Å². The fourth-order valence-electron chi connectivity index (χ4n) is 1.62. The highest BCUT2D eigenvalue weighted by atomic mass is 79.9. The number of anilines is 1. The normalized spacial score (nSPS) is 10.2. The smallest absolute Gasteiger partial charge is 0.337 e. The van der Waals surface area contributed by atoms with Gasteiger partial charge in [-0.2, -0.15) is 0 Å². The summed E-state index contributed by atoms with van der Waals surface area (Å²) in [5.41, 5.74) is 6.96. The third kappa shape index (κ3) is 3.06. The van der Waals surface area contributed by atoms with Crippen LogP contribution in [-0.2, 0) is 0 Å². The lowest BCUT2D eigenvalue weighted by Gasteiger charge is -2.09. The molecule has 0 amide bonds. The summed E-state index contributed by atoms with van der Waals surface area (Å²) in [7, 11) is 0. The zero-order valence-corrected chi connectivity index (χ0v) is 11.8. The van der Waals surface area contributed by atoms with Gasteiger partial charge in [-0.15, -0.1) is 0 Å². The van der Waals surface area contributed by atoms with Crippen molar-refractivity contribution < 1.29 is 14.6 Å². The monoisotopic (exact) mass is 321 g/mol. The summed E-state index contributed by atoms with van der Waals surface area (Å²) in [6, 6.07) is 10.1. The van der Waals surface area contributed by atoms with E-state index in [-0.39, 0.29) is 11.3 Å². The van der Waals surface area contributed by atoms with E-state index in [4.69, 9.17) is 15.6 Å². The Hall–Kier alpha value is -2.01. The number of nitrogens with two attached hydrogens (primary N) is 1. The second kappa shape index (κ2) is 5.32. The van der Waals surface area contributed by atoms with Crippen LogP contribution in [0.4, 0.5) is 5.69 Å². The van der Waals surface area contributed by atoms with Crippen LogP contribution in [0.15, 0.2) is 40.9 Å². The topological polar surface area (TPSA) is 72.5 Å². The Morgan fingerprint density at radius 2 is 1.84 bits per heavy atom. The Bertz CT molecular complexity index is 641. The zero-order chi connectivity index (χ0) is 14.0. The molecule has 0 aliphatic rings. The molecule has 0 radical (unpaired) electrons. The quantitative estimate of drug-likeness (QED) is 0.843. The molecule has 3 N–H and O–H groups in total. The molecule has 2 aromatic rings. The van der Waals surface area contributed by atoms with Crippen molar-refractivity contribution in [2.75, 3.05) is 5.73 Å². The minimum absolute atomic E-state index is 0.0688. The summed E-state index contributed by atoms with van der Waals surface area (Å²) in [5, 5.41) is 8.89. The second-order valence-corrected chi connectivity index (χ2v) is 4.92. The number of carboxylic acids is 1. The van der Waals surface area contributed by atoms with E-state index in [1.54, 1.807) is 6.07 Å². The fourth-order valence-corrected chi connectivity index (χ4v) is 1.86. The van der Waals surface area contributed by atoms with Gasteiger partial charge in [-0.05, 0) is 42.8 Å². The van der Waals surface area contributed by atoms with E-state index in [1.165, 1.54) is 12.1 Å². The Kier molecular flexibility index (Phi) is 3.76. The molecule has 0 heterocycles. The molecule has 0 atom stereocenters. The first-order chi connectivity index (χ1) is 8.97. The SMILES string of the molecule is Cc1cc(Oc2ccc(C(=O)O)c(N)c2)ccc1Br. The second-order valence-electron chi connectivity index (χ2n) is 4.07. The largest absolute Gasteiger partial charge is 0.478 e. The first-order valence-corrected chi connectivity index (χ1v) is 6.33. The lowest BCUT2D eigenvalue weighted by atomic mass is 10.2. The molecular weight excluding hydrogens is 310 g/mol. The van der Waals surface area contributed by atoms with Crippen LogP contribution >= 0.6 is 15.9 Å². The Morgan fingerprint density at radius 1 is 1.21 bits per heavy atom. The summed E-state index contributed by atoms with van der Waals surface area (Å²) in [4.78, 5) is 10.8. The fraction of sp³-hybridized carbons (Fsp3) is 0.0714. The van der Waals surface area contributed by atoms with Crippen LogP contribution in [0, 0.1) is 6.92 Å². The van der Waals surface area contributed by atoms with Gasteiger partial charge in [0.25, 0.3) is 0 Å². The van der Waals surface area contributed by atoms with Crippen LogP contribution in [0.2, 0.25) is 0 Å². The highest BCUT2D eigenvalue weighted by Gasteiger charge is 2.09. The summed E-state index contributed by atoms with van der Waals surface area (Å²) < 4.78 is 6.64. The van der Waals surface area contributed by atoms with Crippen LogP contribution in [0.25, 0.3) is 0 Å². The van der Waals surface area contributed by atoms with Crippen molar-refractivity contribution in [3.05, 3.63) is 52.0 Å². The van der Waals surface area contributed by atoms with Gasteiger partial charge < -0.3 is 15.6 Å². The predicted molar refractivity (Wildman–Crippen MR) is 76.8 cm³/mol. The lowest BCUT2D eigenvalue weighted by Crippen LogP contribution is -2.02. The predicted octanol–water partition coefficient (Wildman–Crippen LogP) is 3.83. The van der Waals surface area contributed by atoms with E-state index in [0.29, 0.717) is 11.5 Å². The molecule has 0 unspecified atom stereocenters. The third-order valence-electron chi connectivity index (χ3n) is 2.62. The van der Waals surface area contributed by atoms with Gasteiger partial charge in [-0.3, -0.25) is 0 Å². The van der Waals surface area contributed by atoms with E-state index in [0.717, 1.165) is 10.0 Å². The summed E-state index contributed by atoms with van der Waals surface area (Å²) in [5.74, 6) is 0.121. The first-order valence-electron chi connectivity index (χ1n) is 5.54. The molecule has 98 valence electrons. The third-order valence-corrected chi connectivity index (χ3v) is 3.51. The molecule has 19 heavy (non-hydrogen) atoms. The average Bonchev–Trinajstić information content (AvgIpc) is 2.33. The standard InChI is InChI=1S/C14H12BrNO3/c1-8-6-9(3-5-12(8)15)19-10-2-4-11(14(17)18)13(16)7-10/h2-7H,16H2,1H3,(H,17,18). The van der Waals surface area contributed by atoms with Gasteiger partial charge in [0.05, 0.1) is 5.56 Å². The minimum atomic E-state index is -1.05. The maximum atomic E-state index is 10.8. The van der Waals surface area contributed by atoms with Crippen LogP contribution in [0.3, 0.4) is 0 Å². The van der Waals surface area contributed by atoms with Gasteiger partial charge in [0.1, 0.15) is 11.5 Å². The molecule has 0 saturated carbocycles. The van der Waals surface area contributed by atoms with Crippen LogP contribution in [0.1, 0.15) is 15.9 Å². The number of hydrogen-bond donors (Lipinski definition) is 2. The number of halogens is 1. The molecule has 0 spiro atoms. The molecule has 0 aliphatic heterocycles.